The molecule has 11 rings (SSSR count). The van der Waals surface area contributed by atoms with Crippen LogP contribution in [-0.2, 0) is 76.7 Å². The van der Waals surface area contributed by atoms with Crippen molar-refractivity contribution in [2.75, 3.05) is 26.9 Å². The Morgan fingerprint density at radius 3 is 1.93 bits per heavy atom. The molecule has 0 bridgehead atoms. The molecule has 13 heteroatoms. The number of benzene rings is 3. The first kappa shape index (κ1) is 63.0. The van der Waals surface area contributed by atoms with Gasteiger partial charge in [0.25, 0.3) is 0 Å². The van der Waals surface area contributed by atoms with E-state index in [1.165, 1.54) is 31.3 Å². The standard InChI is InChI=1S/C72H103NO12/c1-12-77-63-62(84-65-47(5)60(79-41-51-26-20-15-21-27-51)58(43-80-65)78-40-50-24-18-14-19-25-50)48(6)81-67(64(63)75-11)83-61-46(4)59(73)57(42-76-39-49-22-16-13-17-23-49)82-66(61)85-68(74)72-36-34-69(7,8)38-56(72)55-31-30-53-54(71(55,10)35-37-72)29-28-52-45(3)44(2)32-33-70(52,53)9/h13-27,31,44-48,52-54,56-67H,12,28-30,32-43,73H2,1-11H3/t44-,45?,46?,47?,48+,52-,53?,54+,56?,57-,58?,59?,60?,61?,62?,63?,64?,65-,66-,67-,70?,71-,72?/m0/s1. The van der Waals surface area contributed by atoms with Gasteiger partial charge < -0.3 is 57.8 Å². The van der Waals surface area contributed by atoms with Gasteiger partial charge in [0.2, 0.25) is 6.29 Å². The van der Waals surface area contributed by atoms with Gasteiger partial charge in [-0.2, -0.15) is 0 Å². The average molecular weight is 1170 g/mol. The first-order chi connectivity index (χ1) is 40.9. The van der Waals surface area contributed by atoms with Crippen LogP contribution in [0.25, 0.3) is 0 Å². The van der Waals surface area contributed by atoms with Crippen molar-refractivity contribution in [3.05, 3.63) is 119 Å². The lowest BCUT2D eigenvalue weighted by molar-refractivity contribution is -0.370. The van der Waals surface area contributed by atoms with Crippen molar-refractivity contribution in [2.45, 2.75) is 227 Å². The van der Waals surface area contributed by atoms with Crippen molar-refractivity contribution in [1.82, 2.24) is 0 Å². The van der Waals surface area contributed by atoms with Gasteiger partial charge in [0.15, 0.2) is 12.6 Å². The maximum atomic E-state index is 16.0. The van der Waals surface area contributed by atoms with E-state index in [0.717, 1.165) is 73.0 Å². The van der Waals surface area contributed by atoms with E-state index in [-0.39, 0.29) is 60.0 Å². The van der Waals surface area contributed by atoms with Crippen LogP contribution in [0.1, 0.15) is 150 Å². The summed E-state index contributed by atoms with van der Waals surface area (Å²) < 4.78 is 74.5. The molecule has 0 amide bonds. The molecule has 0 radical (unpaired) electrons. The molecule has 3 aromatic rings. The minimum atomic E-state index is -1.13. The normalized spacial score (nSPS) is 42.4. The number of allylic oxidation sites excluding steroid dienone is 2. The molecule has 7 fully saturated rings. The molecule has 3 heterocycles. The Morgan fingerprint density at radius 1 is 0.624 bits per heavy atom. The first-order valence-corrected chi connectivity index (χ1v) is 32.9. The van der Waals surface area contributed by atoms with Crippen molar-refractivity contribution >= 4 is 5.97 Å². The molecular formula is C72H103NO12. The fraction of sp³-hybridized carbons (Fsp3) is 0.708. The molecule has 3 aliphatic heterocycles. The molecule has 14 unspecified atom stereocenters. The van der Waals surface area contributed by atoms with Crippen molar-refractivity contribution in [3.8, 4) is 0 Å². The topological polar surface area (TPSA) is 145 Å². The molecular weight excluding hydrogens is 1070 g/mol. The molecule has 0 spiro atoms. The lowest BCUT2D eigenvalue weighted by Crippen LogP contribution is -2.65. The lowest BCUT2D eigenvalue weighted by Gasteiger charge is -2.66. The highest BCUT2D eigenvalue weighted by Crippen LogP contribution is 2.71. The Balaban J connectivity index is 0.842. The Bertz CT molecular complexity index is 2680. The molecule has 0 aromatic heterocycles. The Hall–Kier alpha value is -3.57. The minimum Gasteiger partial charge on any atom is -0.432 e. The Morgan fingerprint density at radius 2 is 1.26 bits per heavy atom. The first-order valence-electron chi connectivity index (χ1n) is 32.9. The fourth-order valence-corrected chi connectivity index (χ4v) is 17.9. The molecule has 23 atom stereocenters. The van der Waals surface area contributed by atoms with Crippen molar-refractivity contribution in [1.29, 1.82) is 0 Å². The summed E-state index contributed by atoms with van der Waals surface area (Å²) in [5, 5.41) is 0. The van der Waals surface area contributed by atoms with E-state index >= 15 is 4.79 Å². The van der Waals surface area contributed by atoms with Crippen LogP contribution >= 0.6 is 0 Å². The molecule has 85 heavy (non-hydrogen) atoms. The van der Waals surface area contributed by atoms with Gasteiger partial charge in [-0.3, -0.25) is 4.79 Å². The summed E-state index contributed by atoms with van der Waals surface area (Å²) >= 11 is 0. The summed E-state index contributed by atoms with van der Waals surface area (Å²) in [7, 11) is 1.64. The number of ether oxygens (including phenoxy) is 11. The van der Waals surface area contributed by atoms with Gasteiger partial charge in [0.1, 0.15) is 36.6 Å². The number of carbonyl (C=O) groups is 1. The van der Waals surface area contributed by atoms with Crippen molar-refractivity contribution < 1.29 is 56.9 Å². The fourth-order valence-electron chi connectivity index (χ4n) is 17.9. The molecule has 3 aromatic carbocycles. The van der Waals surface area contributed by atoms with Gasteiger partial charge in [-0.25, -0.2) is 0 Å². The SMILES string of the molecule is CCOC1C(OC)[C@H](OC2C(C)C(N)[C@H](COCc3ccccc3)O[C@H]2OC(=O)C23CCC(C)(C)CC2C2=CCC4[C@@H](CC[C@H]5C(C)[C@@H](C)CCC45C)[C@]2(C)CC3)O[C@H](C)C1O[C@@H]1OCC(OCc2ccccc2)C(OCc2ccccc2)C1C. The van der Waals surface area contributed by atoms with Crippen molar-refractivity contribution in [2.24, 2.45) is 74.7 Å². The zero-order valence-electron chi connectivity index (χ0n) is 53.1. The van der Waals surface area contributed by atoms with E-state index in [1.807, 2.05) is 80.6 Å². The predicted octanol–water partition coefficient (Wildman–Crippen LogP) is 13.2. The van der Waals surface area contributed by atoms with Crippen LogP contribution in [0.5, 0.6) is 0 Å². The number of nitrogens with two attached hydrogens (primary N) is 1. The third kappa shape index (κ3) is 12.7. The third-order valence-electron chi connectivity index (χ3n) is 23.3. The van der Waals surface area contributed by atoms with Crippen LogP contribution in [0, 0.1) is 69.0 Å². The lowest BCUT2D eigenvalue weighted by atomic mass is 9.39. The monoisotopic (exact) mass is 1170 g/mol. The summed E-state index contributed by atoms with van der Waals surface area (Å²) in [5.74, 6) is 2.82. The zero-order chi connectivity index (χ0) is 59.8. The number of esters is 1. The van der Waals surface area contributed by atoms with Gasteiger partial charge in [-0.15, -0.1) is 0 Å². The number of hydrogen-bond acceptors (Lipinski definition) is 13. The average Bonchev–Trinajstić information content (AvgIpc) is 2.35. The molecule has 13 nitrogen and oxygen atoms in total. The van der Waals surface area contributed by atoms with E-state index in [2.05, 4.69) is 85.7 Å². The van der Waals surface area contributed by atoms with E-state index in [4.69, 9.17) is 57.8 Å². The number of rotatable bonds is 19. The molecule has 2 N–H and O–H groups in total. The van der Waals surface area contributed by atoms with Gasteiger partial charge in [0.05, 0.1) is 50.7 Å². The molecule has 5 aliphatic carbocycles. The largest absolute Gasteiger partial charge is 0.432 e. The van der Waals surface area contributed by atoms with Crippen LogP contribution in [0.2, 0.25) is 0 Å². The molecule has 4 saturated carbocycles. The second-order valence-electron chi connectivity index (χ2n) is 28.7. The third-order valence-corrected chi connectivity index (χ3v) is 23.3. The summed E-state index contributed by atoms with van der Waals surface area (Å²) in [5.41, 5.74) is 11.7. The number of fused-ring (bicyclic) bond motifs is 7. The summed E-state index contributed by atoms with van der Waals surface area (Å²) in [6.45, 7) is 25.2. The van der Waals surface area contributed by atoms with E-state index in [1.54, 1.807) is 7.11 Å². The molecule has 8 aliphatic rings. The summed E-state index contributed by atoms with van der Waals surface area (Å²) in [4.78, 5) is 16.0. The highest BCUT2D eigenvalue weighted by molar-refractivity contribution is 5.79. The Labute approximate surface area is 508 Å². The van der Waals surface area contributed by atoms with E-state index in [0.29, 0.717) is 43.7 Å². The minimum absolute atomic E-state index is 0.0295. The molecule has 468 valence electrons. The van der Waals surface area contributed by atoms with Crippen molar-refractivity contribution in [3.63, 3.8) is 0 Å². The van der Waals surface area contributed by atoms with Crippen LogP contribution in [0.3, 0.4) is 0 Å². The summed E-state index contributed by atoms with van der Waals surface area (Å²) in [6.07, 6.45) is 5.79. The van der Waals surface area contributed by atoms with Crippen LogP contribution in [0.4, 0.5) is 0 Å². The van der Waals surface area contributed by atoms with Gasteiger partial charge in [-0.1, -0.05) is 158 Å². The second kappa shape index (κ2) is 26.5. The number of carbonyl (C=O) groups excluding carboxylic acids is 1. The second-order valence-corrected chi connectivity index (χ2v) is 28.7. The highest BCUT2D eigenvalue weighted by atomic mass is 16.8. The van der Waals surface area contributed by atoms with Crippen LogP contribution in [-0.4, -0.2) is 107 Å². The van der Waals surface area contributed by atoms with Gasteiger partial charge in [-0.05, 0) is 146 Å². The summed E-state index contributed by atoms with van der Waals surface area (Å²) in [6, 6.07) is 29.9. The Kier molecular flexibility index (Phi) is 19.6. The smallest absolute Gasteiger partial charge is 0.315 e. The zero-order valence-corrected chi connectivity index (χ0v) is 53.1. The van der Waals surface area contributed by atoms with E-state index < -0.39 is 67.0 Å². The predicted molar refractivity (Wildman–Crippen MR) is 326 cm³/mol. The van der Waals surface area contributed by atoms with Crippen LogP contribution < -0.4 is 5.73 Å². The van der Waals surface area contributed by atoms with Crippen LogP contribution in [0.15, 0.2) is 103 Å². The number of hydrogen-bond donors (Lipinski definition) is 1. The maximum Gasteiger partial charge on any atom is 0.315 e. The quantitative estimate of drug-likeness (QED) is 0.0899. The molecule has 3 saturated heterocycles. The van der Waals surface area contributed by atoms with Gasteiger partial charge in [0, 0.05) is 31.6 Å². The van der Waals surface area contributed by atoms with E-state index in [9.17, 15) is 0 Å². The number of methoxy groups -OCH3 is 1. The van der Waals surface area contributed by atoms with Gasteiger partial charge >= 0.3 is 5.97 Å². The highest BCUT2D eigenvalue weighted by Gasteiger charge is 2.65. The maximum absolute atomic E-state index is 16.0.